The summed E-state index contributed by atoms with van der Waals surface area (Å²) in [6.07, 6.45) is 0. The third kappa shape index (κ3) is 2.38. The second-order valence-corrected chi connectivity index (χ2v) is 5.47. The Morgan fingerprint density at radius 1 is 1.38 bits per heavy atom. The maximum absolute atomic E-state index is 11.9. The van der Waals surface area contributed by atoms with E-state index in [1.54, 1.807) is 0 Å². The molecule has 2 unspecified atom stereocenters. The van der Waals surface area contributed by atoms with Crippen molar-refractivity contribution in [3.05, 3.63) is 0 Å². The summed E-state index contributed by atoms with van der Waals surface area (Å²) in [7, 11) is 1.89. The number of hydrogen-bond donors (Lipinski definition) is 1. The molecule has 16 heavy (non-hydrogen) atoms. The molecule has 4 heteroatoms. The fraction of sp³-hybridized carbons (Fsp3) is 0.917. The Labute approximate surface area is 98.0 Å². The van der Waals surface area contributed by atoms with Gasteiger partial charge in [-0.05, 0) is 38.8 Å². The number of likely N-dealkylation sites (N-methyl/N-ethyl adjacent to an activating group) is 1. The molecule has 0 aromatic carbocycles. The zero-order valence-corrected chi connectivity index (χ0v) is 10.6. The third-order valence-electron chi connectivity index (χ3n) is 3.99. The first-order valence-electron chi connectivity index (χ1n) is 6.26. The van der Waals surface area contributed by atoms with Crippen molar-refractivity contribution in [2.75, 3.05) is 39.8 Å². The van der Waals surface area contributed by atoms with Crippen molar-refractivity contribution in [2.45, 2.75) is 19.9 Å². The van der Waals surface area contributed by atoms with E-state index in [9.17, 15) is 4.79 Å². The SMILES string of the molecule is CC(C)N(C)C(=O)CN1CC2CNCC2C1. The molecule has 4 nitrogen and oxygen atoms in total. The van der Waals surface area contributed by atoms with Crippen molar-refractivity contribution >= 4 is 5.91 Å². The van der Waals surface area contributed by atoms with Crippen LogP contribution in [0, 0.1) is 11.8 Å². The summed E-state index contributed by atoms with van der Waals surface area (Å²) in [6, 6.07) is 0.302. The van der Waals surface area contributed by atoms with E-state index >= 15 is 0 Å². The molecule has 2 aliphatic rings. The molecule has 0 radical (unpaired) electrons. The lowest BCUT2D eigenvalue weighted by atomic mass is 10.0. The number of carbonyl (C=O) groups excluding carboxylic acids is 1. The van der Waals surface area contributed by atoms with Gasteiger partial charge in [0.05, 0.1) is 6.54 Å². The summed E-state index contributed by atoms with van der Waals surface area (Å²) in [4.78, 5) is 16.1. The molecular weight excluding hydrogens is 202 g/mol. The highest BCUT2D eigenvalue weighted by atomic mass is 16.2. The largest absolute Gasteiger partial charge is 0.342 e. The van der Waals surface area contributed by atoms with E-state index in [2.05, 4.69) is 24.1 Å². The Morgan fingerprint density at radius 3 is 2.44 bits per heavy atom. The van der Waals surface area contributed by atoms with Crippen LogP contribution in [-0.2, 0) is 4.79 Å². The third-order valence-corrected chi connectivity index (χ3v) is 3.99. The average Bonchev–Trinajstić information content (AvgIpc) is 2.76. The summed E-state index contributed by atoms with van der Waals surface area (Å²) in [5, 5.41) is 3.42. The van der Waals surface area contributed by atoms with Gasteiger partial charge in [0.15, 0.2) is 0 Å². The summed E-state index contributed by atoms with van der Waals surface area (Å²) >= 11 is 0. The predicted molar refractivity (Wildman–Crippen MR) is 64.2 cm³/mol. The Bertz CT molecular complexity index is 255. The molecule has 0 aliphatic carbocycles. The van der Waals surface area contributed by atoms with Gasteiger partial charge in [0.25, 0.3) is 0 Å². The number of carbonyl (C=O) groups is 1. The molecule has 2 fully saturated rings. The van der Waals surface area contributed by atoms with Gasteiger partial charge in [-0.25, -0.2) is 0 Å². The maximum Gasteiger partial charge on any atom is 0.236 e. The maximum atomic E-state index is 11.9. The first kappa shape index (κ1) is 11.9. The lowest BCUT2D eigenvalue weighted by molar-refractivity contribution is -0.132. The molecule has 0 aromatic rings. The van der Waals surface area contributed by atoms with Gasteiger partial charge in [-0.15, -0.1) is 0 Å². The Morgan fingerprint density at radius 2 is 1.94 bits per heavy atom. The molecule has 0 saturated carbocycles. The quantitative estimate of drug-likeness (QED) is 0.734. The number of rotatable bonds is 3. The van der Waals surface area contributed by atoms with E-state index in [0.717, 1.165) is 38.0 Å². The van der Waals surface area contributed by atoms with Crippen LogP contribution in [0.4, 0.5) is 0 Å². The average molecular weight is 225 g/mol. The van der Waals surface area contributed by atoms with Gasteiger partial charge in [-0.2, -0.15) is 0 Å². The number of nitrogens with one attached hydrogen (secondary N) is 1. The number of amides is 1. The first-order chi connectivity index (χ1) is 7.58. The summed E-state index contributed by atoms with van der Waals surface area (Å²) in [6.45, 7) is 9.16. The molecule has 1 amide bonds. The van der Waals surface area contributed by atoms with Crippen molar-refractivity contribution in [1.29, 1.82) is 0 Å². The van der Waals surface area contributed by atoms with Crippen LogP contribution in [0.3, 0.4) is 0 Å². The number of hydrogen-bond acceptors (Lipinski definition) is 3. The van der Waals surface area contributed by atoms with Gasteiger partial charge in [-0.3, -0.25) is 9.69 Å². The van der Waals surface area contributed by atoms with Crippen LogP contribution in [0.1, 0.15) is 13.8 Å². The Hall–Kier alpha value is -0.610. The monoisotopic (exact) mass is 225 g/mol. The normalized spacial score (nSPS) is 29.8. The molecule has 2 rings (SSSR count). The summed E-state index contributed by atoms with van der Waals surface area (Å²) in [5.41, 5.74) is 0. The smallest absolute Gasteiger partial charge is 0.236 e. The first-order valence-corrected chi connectivity index (χ1v) is 6.26. The van der Waals surface area contributed by atoms with E-state index in [0.29, 0.717) is 12.6 Å². The van der Waals surface area contributed by atoms with Crippen LogP contribution in [0.2, 0.25) is 0 Å². The van der Waals surface area contributed by atoms with E-state index in [1.165, 1.54) is 0 Å². The Kier molecular flexibility index (Phi) is 3.50. The lowest BCUT2D eigenvalue weighted by Gasteiger charge is -2.25. The van der Waals surface area contributed by atoms with Crippen molar-refractivity contribution in [3.8, 4) is 0 Å². The van der Waals surface area contributed by atoms with Crippen LogP contribution in [0.5, 0.6) is 0 Å². The Balaban J connectivity index is 1.81. The van der Waals surface area contributed by atoms with Crippen molar-refractivity contribution in [2.24, 2.45) is 11.8 Å². The van der Waals surface area contributed by atoms with Gasteiger partial charge in [0.1, 0.15) is 0 Å². The molecule has 92 valence electrons. The molecule has 0 spiro atoms. The van der Waals surface area contributed by atoms with Crippen LogP contribution in [0.25, 0.3) is 0 Å². The zero-order valence-electron chi connectivity index (χ0n) is 10.6. The molecule has 2 heterocycles. The molecule has 2 saturated heterocycles. The topological polar surface area (TPSA) is 35.6 Å². The molecule has 0 aromatic heterocycles. The molecule has 0 bridgehead atoms. The van der Waals surface area contributed by atoms with E-state index in [-0.39, 0.29) is 5.91 Å². The van der Waals surface area contributed by atoms with Crippen LogP contribution >= 0.6 is 0 Å². The van der Waals surface area contributed by atoms with Crippen LogP contribution in [-0.4, -0.2) is 61.5 Å². The molecule has 2 aliphatic heterocycles. The van der Waals surface area contributed by atoms with E-state index in [4.69, 9.17) is 0 Å². The van der Waals surface area contributed by atoms with Crippen molar-refractivity contribution < 1.29 is 4.79 Å². The second kappa shape index (κ2) is 4.72. The van der Waals surface area contributed by atoms with Gasteiger partial charge in [0, 0.05) is 26.2 Å². The molecule has 1 N–H and O–H groups in total. The number of fused-ring (bicyclic) bond motifs is 1. The van der Waals surface area contributed by atoms with E-state index in [1.807, 2.05) is 11.9 Å². The number of nitrogens with zero attached hydrogens (tertiary/aromatic N) is 2. The van der Waals surface area contributed by atoms with Gasteiger partial charge < -0.3 is 10.2 Å². The summed E-state index contributed by atoms with van der Waals surface area (Å²) < 4.78 is 0. The van der Waals surface area contributed by atoms with Gasteiger partial charge in [-0.1, -0.05) is 0 Å². The standard InChI is InChI=1S/C12H23N3O/c1-9(2)14(3)12(16)8-15-6-10-4-13-5-11(10)7-15/h9-11,13H,4-8H2,1-3H3. The highest BCUT2D eigenvalue weighted by molar-refractivity contribution is 5.78. The minimum Gasteiger partial charge on any atom is -0.342 e. The molecular formula is C12H23N3O. The summed E-state index contributed by atoms with van der Waals surface area (Å²) in [5.74, 6) is 1.80. The fourth-order valence-corrected chi connectivity index (χ4v) is 2.67. The highest BCUT2D eigenvalue weighted by Gasteiger charge is 2.36. The zero-order chi connectivity index (χ0) is 11.7. The predicted octanol–water partition coefficient (Wildman–Crippen LogP) is 0.00440. The van der Waals surface area contributed by atoms with Crippen molar-refractivity contribution in [1.82, 2.24) is 15.1 Å². The van der Waals surface area contributed by atoms with Crippen LogP contribution < -0.4 is 5.32 Å². The second-order valence-electron chi connectivity index (χ2n) is 5.47. The fourth-order valence-electron chi connectivity index (χ4n) is 2.67. The highest BCUT2D eigenvalue weighted by Crippen LogP contribution is 2.25. The minimum atomic E-state index is 0.253. The minimum absolute atomic E-state index is 0.253. The van der Waals surface area contributed by atoms with E-state index < -0.39 is 0 Å². The molecule has 2 atom stereocenters. The van der Waals surface area contributed by atoms with Crippen molar-refractivity contribution in [3.63, 3.8) is 0 Å². The number of likely N-dealkylation sites (tertiary alicyclic amines) is 1. The van der Waals surface area contributed by atoms with Gasteiger partial charge >= 0.3 is 0 Å². The van der Waals surface area contributed by atoms with Gasteiger partial charge in [0.2, 0.25) is 5.91 Å². The lowest BCUT2D eigenvalue weighted by Crippen LogP contribution is -2.41. The van der Waals surface area contributed by atoms with Crippen LogP contribution in [0.15, 0.2) is 0 Å².